The molecule has 1 N–H and O–H groups in total. The highest BCUT2D eigenvalue weighted by Crippen LogP contribution is 2.19. The molecule has 2 heterocycles. The second kappa shape index (κ2) is 9.74. The number of para-hydroxylation sites is 1. The Kier molecular flexibility index (Phi) is 6.02. The van der Waals surface area contributed by atoms with Crippen LogP contribution >= 0.6 is 0 Å². The van der Waals surface area contributed by atoms with Crippen LogP contribution in [-0.4, -0.2) is 25.6 Å². The van der Waals surface area contributed by atoms with Gasteiger partial charge in [-0.2, -0.15) is 5.21 Å². The van der Waals surface area contributed by atoms with Crippen LogP contribution in [0.4, 0.5) is 0 Å². The van der Waals surface area contributed by atoms with Crippen molar-refractivity contribution in [2.75, 3.05) is 0 Å². The molecule has 0 saturated carbocycles. The Morgan fingerprint density at radius 3 is 2.27 bits per heavy atom. The summed E-state index contributed by atoms with van der Waals surface area (Å²) >= 11 is 0. The molecule has 0 atom stereocenters. The quantitative estimate of drug-likeness (QED) is 0.366. The molecule has 0 spiro atoms. The molecule has 2 aromatic heterocycles. The van der Waals surface area contributed by atoms with Gasteiger partial charge in [0.2, 0.25) is 0 Å². The summed E-state index contributed by atoms with van der Waals surface area (Å²) in [4.78, 5) is 4.64. The molecule has 5 rings (SSSR count). The molecule has 7 heteroatoms. The molecule has 0 unspecified atom stereocenters. The summed E-state index contributed by atoms with van der Waals surface area (Å²) in [5.41, 5.74) is 3.96. The summed E-state index contributed by atoms with van der Waals surface area (Å²) in [6.45, 7) is 0.902. The molecule has 162 valence electrons. The zero-order valence-electron chi connectivity index (χ0n) is 17.8. The minimum absolute atomic E-state index is 0.425. The standard InChI is InChI=1S/C26H21N5O2/c1-2-4-25-21(3-1)10-11-22(27-25)18-33-24-14-7-20(8-15-24)17-32-23-12-5-19(6-13-23)9-16-26-28-30-31-29-26/h1-16H,17-18H2,(H,28,29,30,31). The van der Waals surface area contributed by atoms with Crippen LogP contribution in [0, 0.1) is 0 Å². The van der Waals surface area contributed by atoms with Crippen molar-refractivity contribution >= 4 is 23.1 Å². The maximum atomic E-state index is 5.90. The van der Waals surface area contributed by atoms with Gasteiger partial charge < -0.3 is 9.47 Å². The van der Waals surface area contributed by atoms with Crippen molar-refractivity contribution in [1.29, 1.82) is 0 Å². The fourth-order valence-corrected chi connectivity index (χ4v) is 3.28. The van der Waals surface area contributed by atoms with E-state index in [2.05, 4.69) is 37.7 Å². The monoisotopic (exact) mass is 435 g/mol. The van der Waals surface area contributed by atoms with Gasteiger partial charge in [0.15, 0.2) is 5.82 Å². The van der Waals surface area contributed by atoms with Gasteiger partial charge in [-0.1, -0.05) is 54.6 Å². The third-order valence-corrected chi connectivity index (χ3v) is 5.04. The molecule has 3 aromatic carbocycles. The zero-order chi connectivity index (χ0) is 22.3. The second-order valence-electron chi connectivity index (χ2n) is 7.39. The Hall–Kier alpha value is -4.52. The average Bonchev–Trinajstić information content (AvgIpc) is 3.40. The predicted octanol–water partition coefficient (Wildman–Crippen LogP) is 5.08. The smallest absolute Gasteiger partial charge is 0.197 e. The maximum absolute atomic E-state index is 5.90. The summed E-state index contributed by atoms with van der Waals surface area (Å²) in [7, 11) is 0. The number of nitrogens with one attached hydrogen (secondary N) is 1. The number of tetrazole rings is 1. The van der Waals surface area contributed by atoms with Gasteiger partial charge >= 0.3 is 0 Å². The minimum Gasteiger partial charge on any atom is -0.489 e. The molecule has 0 radical (unpaired) electrons. The first-order valence-corrected chi connectivity index (χ1v) is 10.5. The Morgan fingerprint density at radius 2 is 1.48 bits per heavy atom. The van der Waals surface area contributed by atoms with Crippen molar-refractivity contribution in [1.82, 2.24) is 25.6 Å². The predicted molar refractivity (Wildman–Crippen MR) is 126 cm³/mol. The fraction of sp³-hybridized carbons (Fsp3) is 0.0769. The Morgan fingerprint density at radius 1 is 0.727 bits per heavy atom. The van der Waals surface area contributed by atoms with Crippen molar-refractivity contribution in [3.63, 3.8) is 0 Å². The van der Waals surface area contributed by atoms with Crippen molar-refractivity contribution < 1.29 is 9.47 Å². The van der Waals surface area contributed by atoms with Gasteiger partial charge in [-0.3, -0.25) is 0 Å². The molecule has 0 saturated heterocycles. The van der Waals surface area contributed by atoms with Crippen LogP contribution in [0.5, 0.6) is 11.5 Å². The summed E-state index contributed by atoms with van der Waals surface area (Å²) in [5.74, 6) is 2.14. The molecule has 0 aliphatic rings. The van der Waals surface area contributed by atoms with Gasteiger partial charge in [0, 0.05) is 5.39 Å². The van der Waals surface area contributed by atoms with E-state index in [1.54, 1.807) is 6.08 Å². The third-order valence-electron chi connectivity index (χ3n) is 5.04. The van der Waals surface area contributed by atoms with Crippen LogP contribution in [0.3, 0.4) is 0 Å². The van der Waals surface area contributed by atoms with Gasteiger partial charge in [-0.15, -0.1) is 10.2 Å². The van der Waals surface area contributed by atoms with Crippen molar-refractivity contribution in [2.45, 2.75) is 13.2 Å². The second-order valence-corrected chi connectivity index (χ2v) is 7.39. The first kappa shape index (κ1) is 20.4. The largest absolute Gasteiger partial charge is 0.489 e. The number of benzene rings is 3. The summed E-state index contributed by atoms with van der Waals surface area (Å²) in [6.07, 6.45) is 3.71. The van der Waals surface area contributed by atoms with Crippen molar-refractivity contribution in [3.05, 3.63) is 108 Å². The van der Waals surface area contributed by atoms with Gasteiger partial charge in [0.05, 0.1) is 11.2 Å². The third kappa shape index (κ3) is 5.40. The molecule has 0 fully saturated rings. The number of fused-ring (bicyclic) bond motifs is 1. The van der Waals surface area contributed by atoms with Crippen LogP contribution in [0.2, 0.25) is 0 Å². The minimum atomic E-state index is 0.425. The van der Waals surface area contributed by atoms with E-state index in [0.717, 1.165) is 39.2 Å². The fourth-order valence-electron chi connectivity index (χ4n) is 3.28. The van der Waals surface area contributed by atoms with Crippen LogP contribution < -0.4 is 9.47 Å². The highest BCUT2D eigenvalue weighted by molar-refractivity contribution is 5.78. The molecule has 0 amide bonds. The Bertz CT molecular complexity index is 1350. The van der Waals surface area contributed by atoms with Crippen LogP contribution in [-0.2, 0) is 13.2 Å². The van der Waals surface area contributed by atoms with Gasteiger partial charge in [-0.05, 0) is 58.8 Å². The van der Waals surface area contributed by atoms with Crippen molar-refractivity contribution in [3.8, 4) is 11.5 Å². The molecule has 5 aromatic rings. The lowest BCUT2D eigenvalue weighted by Crippen LogP contribution is -1.99. The summed E-state index contributed by atoms with van der Waals surface area (Å²) in [5, 5.41) is 14.8. The molecular formula is C26H21N5O2. The molecule has 0 aliphatic carbocycles. The lowest BCUT2D eigenvalue weighted by Gasteiger charge is -2.09. The van der Waals surface area contributed by atoms with E-state index in [0.29, 0.717) is 19.0 Å². The van der Waals surface area contributed by atoms with E-state index in [4.69, 9.17) is 9.47 Å². The molecule has 0 aliphatic heterocycles. The van der Waals surface area contributed by atoms with E-state index in [-0.39, 0.29) is 0 Å². The summed E-state index contributed by atoms with van der Waals surface area (Å²) in [6, 6.07) is 27.9. The van der Waals surface area contributed by atoms with E-state index >= 15 is 0 Å². The van der Waals surface area contributed by atoms with Crippen LogP contribution in [0.25, 0.3) is 23.1 Å². The number of aromatic amines is 1. The van der Waals surface area contributed by atoms with Crippen LogP contribution in [0.15, 0.2) is 84.9 Å². The number of aromatic nitrogens is 5. The van der Waals surface area contributed by atoms with E-state index in [1.165, 1.54) is 0 Å². The normalized spacial score (nSPS) is 11.2. The van der Waals surface area contributed by atoms with Gasteiger partial charge in [0.1, 0.15) is 24.7 Å². The summed E-state index contributed by atoms with van der Waals surface area (Å²) < 4.78 is 11.8. The lowest BCUT2D eigenvalue weighted by molar-refractivity contribution is 0.298. The van der Waals surface area contributed by atoms with E-state index in [1.807, 2.05) is 78.9 Å². The number of hydrogen-bond acceptors (Lipinski definition) is 6. The van der Waals surface area contributed by atoms with Gasteiger partial charge in [-0.25, -0.2) is 4.98 Å². The molecule has 33 heavy (non-hydrogen) atoms. The number of H-pyrrole nitrogens is 1. The highest BCUT2D eigenvalue weighted by atomic mass is 16.5. The van der Waals surface area contributed by atoms with E-state index in [9.17, 15) is 0 Å². The SMILES string of the molecule is C(=Cc1nn[nH]n1)c1ccc(OCc2ccc(OCc3ccc4ccccc4n3)cc2)cc1. The molecule has 0 bridgehead atoms. The Balaban J connectivity index is 1.12. The maximum Gasteiger partial charge on any atom is 0.197 e. The number of rotatable bonds is 8. The number of ether oxygens (including phenoxy) is 2. The highest BCUT2D eigenvalue weighted by Gasteiger charge is 2.02. The van der Waals surface area contributed by atoms with E-state index < -0.39 is 0 Å². The lowest BCUT2D eigenvalue weighted by atomic mass is 10.2. The number of hydrogen-bond donors (Lipinski definition) is 1. The number of nitrogens with zero attached hydrogens (tertiary/aromatic N) is 4. The van der Waals surface area contributed by atoms with Gasteiger partial charge in [0.25, 0.3) is 0 Å². The van der Waals surface area contributed by atoms with Crippen LogP contribution in [0.1, 0.15) is 22.6 Å². The Labute approximate surface area is 190 Å². The number of pyridine rings is 1. The van der Waals surface area contributed by atoms with Crippen molar-refractivity contribution in [2.24, 2.45) is 0 Å². The molecular weight excluding hydrogens is 414 g/mol. The topological polar surface area (TPSA) is 85.8 Å². The first-order chi connectivity index (χ1) is 16.3. The molecule has 7 nitrogen and oxygen atoms in total. The average molecular weight is 435 g/mol. The zero-order valence-corrected chi connectivity index (χ0v) is 17.8. The first-order valence-electron chi connectivity index (χ1n) is 10.5.